The first-order valence-corrected chi connectivity index (χ1v) is 15.4. The summed E-state index contributed by atoms with van der Waals surface area (Å²) < 4.78 is 87.1. The molecule has 0 amide bonds. The van der Waals surface area contributed by atoms with Gasteiger partial charge in [0.1, 0.15) is 17.7 Å². The standard InChI is InChI=1S/C29H30F4N6O3S/c1-17-3-4-20-21(5-6-24(31)23(20)16-43(40,41)12-9-29(2,32)33)26(17)42-27-22(7-11-36-39-27)25-8-10-35-28(38-25)37-19-13-18(30)14-34-15-19/h3-8,10-11,18-19,34H,9,12-16H2,1-2H3,(H,35,37,38)/t18-,19-/m0/s1. The molecule has 2 N–H and O–H groups in total. The largest absolute Gasteiger partial charge is 0.436 e. The molecule has 0 radical (unpaired) electrons. The van der Waals surface area contributed by atoms with Crippen LogP contribution in [0.25, 0.3) is 22.0 Å². The third-order valence-electron chi connectivity index (χ3n) is 7.07. The topological polar surface area (TPSA) is 119 Å². The van der Waals surface area contributed by atoms with E-state index in [4.69, 9.17) is 4.74 Å². The Labute approximate surface area is 246 Å². The van der Waals surface area contributed by atoms with Gasteiger partial charge in [-0.3, -0.25) is 0 Å². The second-order valence-electron chi connectivity index (χ2n) is 10.7. The number of piperidine rings is 1. The highest BCUT2D eigenvalue weighted by atomic mass is 32.2. The molecule has 2 atom stereocenters. The highest BCUT2D eigenvalue weighted by Crippen LogP contribution is 2.38. The van der Waals surface area contributed by atoms with Crippen LogP contribution in [0, 0.1) is 12.7 Å². The predicted molar refractivity (Wildman–Crippen MR) is 154 cm³/mol. The normalized spacial score (nSPS) is 17.6. The highest BCUT2D eigenvalue weighted by Gasteiger charge is 2.27. The Bertz CT molecular complexity index is 1740. The van der Waals surface area contributed by atoms with E-state index in [1.807, 2.05) is 0 Å². The Morgan fingerprint density at radius 3 is 2.65 bits per heavy atom. The van der Waals surface area contributed by atoms with E-state index in [-0.39, 0.29) is 28.6 Å². The fraction of sp³-hybridized carbons (Fsp3) is 0.379. The Hall–Kier alpha value is -3.91. The van der Waals surface area contributed by atoms with E-state index in [9.17, 15) is 26.0 Å². The van der Waals surface area contributed by atoms with Crippen molar-refractivity contribution in [3.63, 3.8) is 0 Å². The van der Waals surface area contributed by atoms with Crippen molar-refractivity contribution in [3.05, 3.63) is 65.7 Å². The molecule has 0 spiro atoms. The number of nitrogens with zero attached hydrogens (tertiary/aromatic N) is 4. The van der Waals surface area contributed by atoms with Crippen molar-refractivity contribution < 1.29 is 30.7 Å². The number of hydrogen-bond donors (Lipinski definition) is 2. The molecule has 3 heterocycles. The summed E-state index contributed by atoms with van der Waals surface area (Å²) in [6.07, 6.45) is 1.49. The van der Waals surface area contributed by atoms with Crippen molar-refractivity contribution in [3.8, 4) is 22.9 Å². The van der Waals surface area contributed by atoms with Crippen LogP contribution in [0.3, 0.4) is 0 Å². The molecular weight excluding hydrogens is 588 g/mol. The SMILES string of the molecule is Cc1ccc2c(CS(=O)(=O)CCC(C)(F)F)c(F)ccc2c1Oc1nnccc1-c1ccnc(N[C@@H]2CNC[C@@H](F)C2)n1. The summed E-state index contributed by atoms with van der Waals surface area (Å²) in [6.45, 7) is 3.27. The van der Waals surface area contributed by atoms with Crippen LogP contribution in [-0.4, -0.2) is 65.6 Å². The number of halogens is 4. The zero-order chi connectivity index (χ0) is 30.8. The third-order valence-corrected chi connectivity index (χ3v) is 8.62. The molecule has 1 fully saturated rings. The lowest BCUT2D eigenvalue weighted by atomic mass is 10.0. The number of ether oxygens (including phenoxy) is 1. The van der Waals surface area contributed by atoms with Gasteiger partial charge < -0.3 is 15.4 Å². The van der Waals surface area contributed by atoms with Gasteiger partial charge in [0.15, 0.2) is 9.84 Å². The van der Waals surface area contributed by atoms with Crippen LogP contribution in [0.4, 0.5) is 23.5 Å². The van der Waals surface area contributed by atoms with Crippen molar-refractivity contribution >= 4 is 26.6 Å². The summed E-state index contributed by atoms with van der Waals surface area (Å²) in [6, 6.07) is 8.91. The van der Waals surface area contributed by atoms with Gasteiger partial charge in [-0.15, -0.1) is 5.10 Å². The van der Waals surface area contributed by atoms with Crippen LogP contribution < -0.4 is 15.4 Å². The molecule has 1 saturated heterocycles. The second kappa shape index (κ2) is 12.4. The van der Waals surface area contributed by atoms with Gasteiger partial charge in [-0.05, 0) is 49.1 Å². The molecule has 2 aromatic heterocycles. The summed E-state index contributed by atoms with van der Waals surface area (Å²) in [5, 5.41) is 14.9. The van der Waals surface area contributed by atoms with Crippen LogP contribution in [0.1, 0.15) is 30.9 Å². The number of sulfone groups is 1. The number of alkyl halides is 3. The van der Waals surface area contributed by atoms with Gasteiger partial charge in [0.2, 0.25) is 17.8 Å². The molecular formula is C29H30F4N6O3S. The molecule has 0 aliphatic carbocycles. The van der Waals surface area contributed by atoms with Crippen LogP contribution in [0.2, 0.25) is 0 Å². The van der Waals surface area contributed by atoms with Crippen molar-refractivity contribution in [2.24, 2.45) is 0 Å². The van der Waals surface area contributed by atoms with E-state index >= 15 is 0 Å². The molecule has 14 heteroatoms. The Balaban J connectivity index is 1.47. The summed E-state index contributed by atoms with van der Waals surface area (Å²) in [5.41, 5.74) is 1.42. The quantitative estimate of drug-likeness (QED) is 0.225. The summed E-state index contributed by atoms with van der Waals surface area (Å²) >= 11 is 0. The van der Waals surface area contributed by atoms with Crippen LogP contribution in [0.15, 0.2) is 48.8 Å². The van der Waals surface area contributed by atoms with Crippen LogP contribution >= 0.6 is 0 Å². The van der Waals surface area contributed by atoms with Gasteiger partial charge in [0.25, 0.3) is 0 Å². The highest BCUT2D eigenvalue weighted by molar-refractivity contribution is 7.90. The number of aromatic nitrogens is 4. The van der Waals surface area contributed by atoms with E-state index < -0.39 is 45.7 Å². The average molecular weight is 619 g/mol. The zero-order valence-corrected chi connectivity index (χ0v) is 24.3. The first-order chi connectivity index (χ1) is 20.4. The number of anilines is 1. The number of benzene rings is 2. The lowest BCUT2D eigenvalue weighted by Crippen LogP contribution is -2.44. The fourth-order valence-corrected chi connectivity index (χ4v) is 6.42. The van der Waals surface area contributed by atoms with E-state index in [1.165, 1.54) is 12.3 Å². The Morgan fingerprint density at radius 2 is 1.88 bits per heavy atom. The molecule has 4 aromatic rings. The number of fused-ring (bicyclic) bond motifs is 1. The first-order valence-electron chi connectivity index (χ1n) is 13.6. The number of hydrogen-bond acceptors (Lipinski definition) is 9. The zero-order valence-electron chi connectivity index (χ0n) is 23.4. The van der Waals surface area contributed by atoms with Gasteiger partial charge in [-0.25, -0.2) is 35.9 Å². The summed E-state index contributed by atoms with van der Waals surface area (Å²) in [4.78, 5) is 8.81. The Morgan fingerprint density at radius 1 is 1.09 bits per heavy atom. The van der Waals surface area contributed by atoms with Crippen molar-refractivity contribution in [1.82, 2.24) is 25.5 Å². The number of rotatable bonds is 10. The van der Waals surface area contributed by atoms with Crippen LogP contribution in [0.5, 0.6) is 11.6 Å². The summed E-state index contributed by atoms with van der Waals surface area (Å²) in [7, 11) is -4.05. The first kappa shape index (κ1) is 30.5. The number of nitrogens with one attached hydrogen (secondary N) is 2. The Kier molecular flexibility index (Phi) is 8.79. The van der Waals surface area contributed by atoms with Crippen molar-refractivity contribution in [2.75, 3.05) is 24.2 Å². The molecule has 0 bridgehead atoms. The molecule has 228 valence electrons. The number of aryl methyl sites for hydroxylation is 1. The maximum Gasteiger partial charge on any atom is 0.248 e. The second-order valence-corrected chi connectivity index (χ2v) is 12.9. The third kappa shape index (κ3) is 7.54. The smallest absolute Gasteiger partial charge is 0.248 e. The lowest BCUT2D eigenvalue weighted by molar-refractivity contribution is 0.0189. The minimum absolute atomic E-state index is 0.0783. The van der Waals surface area contributed by atoms with E-state index in [0.29, 0.717) is 54.6 Å². The van der Waals surface area contributed by atoms with Crippen LogP contribution in [-0.2, 0) is 15.6 Å². The fourth-order valence-electron chi connectivity index (χ4n) is 4.88. The van der Waals surface area contributed by atoms with Gasteiger partial charge >= 0.3 is 0 Å². The lowest BCUT2D eigenvalue weighted by Gasteiger charge is -2.26. The van der Waals surface area contributed by atoms with E-state index in [0.717, 1.165) is 6.07 Å². The van der Waals surface area contributed by atoms with Gasteiger partial charge in [-0.1, -0.05) is 12.1 Å². The molecule has 2 aromatic carbocycles. The van der Waals surface area contributed by atoms with Gasteiger partial charge in [-0.2, -0.15) is 5.10 Å². The average Bonchev–Trinajstić information content (AvgIpc) is 2.95. The molecule has 5 rings (SSSR count). The molecule has 43 heavy (non-hydrogen) atoms. The maximum atomic E-state index is 15.0. The molecule has 9 nitrogen and oxygen atoms in total. The van der Waals surface area contributed by atoms with Crippen molar-refractivity contribution in [1.29, 1.82) is 0 Å². The van der Waals surface area contributed by atoms with E-state index in [2.05, 4.69) is 30.8 Å². The van der Waals surface area contributed by atoms with E-state index in [1.54, 1.807) is 37.4 Å². The molecule has 1 aliphatic rings. The molecule has 1 aliphatic heterocycles. The summed E-state index contributed by atoms with van der Waals surface area (Å²) in [5.74, 6) is -4.82. The molecule has 0 unspecified atom stereocenters. The van der Waals surface area contributed by atoms with Gasteiger partial charge in [0, 0.05) is 49.1 Å². The monoisotopic (exact) mass is 618 g/mol. The van der Waals surface area contributed by atoms with Crippen molar-refractivity contribution in [2.45, 2.75) is 50.6 Å². The minimum atomic E-state index is -4.05. The predicted octanol–water partition coefficient (Wildman–Crippen LogP) is 5.40. The van der Waals surface area contributed by atoms with Gasteiger partial charge in [0.05, 0.1) is 29.0 Å². The maximum absolute atomic E-state index is 15.0. The molecule has 0 saturated carbocycles. The minimum Gasteiger partial charge on any atom is -0.436 e.